The Morgan fingerprint density at radius 3 is 2.25 bits per heavy atom. The Bertz CT molecular complexity index is 752. The van der Waals surface area contributed by atoms with Gasteiger partial charge in [0.05, 0.1) is 25.8 Å². The average molecular weight is 383 g/mol. The quantitative estimate of drug-likeness (QED) is 0.440. The van der Waals surface area contributed by atoms with Crippen LogP contribution in [-0.2, 0) is 11.4 Å². The van der Waals surface area contributed by atoms with E-state index < -0.39 is 0 Å². The number of carbonyl (C=O) groups excluding carboxylic acids is 1. The van der Waals surface area contributed by atoms with Crippen molar-refractivity contribution in [1.82, 2.24) is 5.06 Å². The van der Waals surface area contributed by atoms with E-state index in [1.807, 2.05) is 61.5 Å². The molecule has 150 valence electrons. The third kappa shape index (κ3) is 6.74. The van der Waals surface area contributed by atoms with E-state index in [2.05, 4.69) is 13.0 Å². The molecule has 28 heavy (non-hydrogen) atoms. The van der Waals surface area contributed by atoms with Gasteiger partial charge in [0.15, 0.2) is 0 Å². The second kappa shape index (κ2) is 11.1. The van der Waals surface area contributed by atoms with E-state index in [-0.39, 0.29) is 5.97 Å². The van der Waals surface area contributed by atoms with Crippen molar-refractivity contribution in [3.63, 3.8) is 0 Å². The number of carbonyl (C=O) groups is 1. The van der Waals surface area contributed by atoms with Gasteiger partial charge >= 0.3 is 5.97 Å². The van der Waals surface area contributed by atoms with Crippen LogP contribution in [0.15, 0.2) is 60.7 Å². The molecule has 0 bridgehead atoms. The van der Waals surface area contributed by atoms with Gasteiger partial charge in [-0.15, -0.1) is 5.06 Å². The Labute approximate surface area is 168 Å². The Hall–Kier alpha value is -2.79. The first kappa shape index (κ1) is 21.5. The largest absolute Gasteiger partial charge is 0.497 e. The minimum Gasteiger partial charge on any atom is -0.497 e. The predicted octanol–water partition coefficient (Wildman–Crippen LogP) is 4.69. The third-order valence-electron chi connectivity index (χ3n) is 4.28. The number of rotatable bonds is 10. The number of hydroxylamine groups is 2. The SMILES string of the molecule is CCC/C=C/CN(Cc1ccc(OC)cc1)OC(=O)c1ccc(N(C)C)cc1. The van der Waals surface area contributed by atoms with E-state index in [9.17, 15) is 4.79 Å². The highest BCUT2D eigenvalue weighted by molar-refractivity contribution is 5.89. The van der Waals surface area contributed by atoms with Gasteiger partial charge in [-0.2, -0.15) is 0 Å². The molecule has 2 aromatic rings. The molecule has 0 aliphatic carbocycles. The summed E-state index contributed by atoms with van der Waals surface area (Å²) in [6, 6.07) is 15.1. The zero-order chi connectivity index (χ0) is 20.4. The van der Waals surface area contributed by atoms with E-state index >= 15 is 0 Å². The zero-order valence-electron chi connectivity index (χ0n) is 17.2. The molecule has 5 nitrogen and oxygen atoms in total. The maximum atomic E-state index is 12.6. The molecule has 0 aliphatic heterocycles. The predicted molar refractivity (Wildman–Crippen MR) is 114 cm³/mol. The Balaban J connectivity index is 2.07. The van der Waals surface area contributed by atoms with Gasteiger partial charge in [0.2, 0.25) is 0 Å². The van der Waals surface area contributed by atoms with Crippen LogP contribution in [0.25, 0.3) is 0 Å². The van der Waals surface area contributed by atoms with Crippen molar-refractivity contribution in [3.8, 4) is 5.75 Å². The van der Waals surface area contributed by atoms with Gasteiger partial charge in [0, 0.05) is 19.8 Å². The van der Waals surface area contributed by atoms with Crippen molar-refractivity contribution < 1.29 is 14.4 Å². The monoisotopic (exact) mass is 382 g/mol. The van der Waals surface area contributed by atoms with Gasteiger partial charge in [0.25, 0.3) is 0 Å². The third-order valence-corrected chi connectivity index (χ3v) is 4.28. The number of benzene rings is 2. The summed E-state index contributed by atoms with van der Waals surface area (Å²) in [7, 11) is 5.57. The molecular weight excluding hydrogens is 352 g/mol. The number of unbranched alkanes of at least 4 members (excludes halogenated alkanes) is 1. The van der Waals surface area contributed by atoms with Gasteiger partial charge in [-0.1, -0.05) is 37.6 Å². The van der Waals surface area contributed by atoms with Crippen LogP contribution in [0.5, 0.6) is 5.75 Å². The van der Waals surface area contributed by atoms with E-state index in [0.717, 1.165) is 29.8 Å². The lowest BCUT2D eigenvalue weighted by Gasteiger charge is -2.20. The molecular formula is C23H30N2O3. The molecule has 0 spiro atoms. The topological polar surface area (TPSA) is 42.0 Å². The molecule has 0 saturated carbocycles. The molecule has 0 N–H and O–H groups in total. The fourth-order valence-corrected chi connectivity index (χ4v) is 2.61. The smallest absolute Gasteiger partial charge is 0.357 e. The fourth-order valence-electron chi connectivity index (χ4n) is 2.61. The van der Waals surface area contributed by atoms with Crippen LogP contribution in [-0.4, -0.2) is 38.8 Å². The highest BCUT2D eigenvalue weighted by atomic mass is 16.7. The van der Waals surface area contributed by atoms with E-state index in [1.165, 1.54) is 0 Å². The number of nitrogens with zero attached hydrogens (tertiary/aromatic N) is 2. The molecule has 0 aromatic heterocycles. The van der Waals surface area contributed by atoms with Crippen molar-refractivity contribution >= 4 is 11.7 Å². The lowest BCUT2D eigenvalue weighted by atomic mass is 10.2. The van der Waals surface area contributed by atoms with Gasteiger partial charge < -0.3 is 14.5 Å². The van der Waals surface area contributed by atoms with Crippen molar-refractivity contribution in [2.24, 2.45) is 0 Å². The molecule has 0 aliphatic rings. The second-order valence-electron chi connectivity index (χ2n) is 6.75. The van der Waals surface area contributed by atoms with Crippen molar-refractivity contribution in [2.75, 3.05) is 32.6 Å². The number of hydrogen-bond donors (Lipinski definition) is 0. The molecule has 0 atom stereocenters. The molecule has 5 heteroatoms. The van der Waals surface area contributed by atoms with Crippen molar-refractivity contribution in [1.29, 1.82) is 0 Å². The summed E-state index contributed by atoms with van der Waals surface area (Å²) in [4.78, 5) is 20.3. The Morgan fingerprint density at radius 1 is 1.00 bits per heavy atom. The van der Waals surface area contributed by atoms with E-state index in [0.29, 0.717) is 18.7 Å². The average Bonchev–Trinajstić information content (AvgIpc) is 2.71. The standard InChI is InChI=1S/C23H30N2O3/c1-5-6-7-8-17-25(18-19-9-15-22(27-4)16-10-19)28-23(26)20-11-13-21(14-12-20)24(2)3/h7-16H,5-6,17-18H2,1-4H3/b8-7+. The molecule has 0 fully saturated rings. The maximum Gasteiger partial charge on any atom is 0.357 e. The normalized spacial score (nSPS) is 11.0. The highest BCUT2D eigenvalue weighted by Crippen LogP contribution is 2.16. The van der Waals surface area contributed by atoms with Crippen LogP contribution in [0.2, 0.25) is 0 Å². The Kier molecular flexibility index (Phi) is 8.56. The van der Waals surface area contributed by atoms with E-state index in [1.54, 1.807) is 24.3 Å². The first-order chi connectivity index (χ1) is 13.5. The van der Waals surface area contributed by atoms with Crippen LogP contribution in [0, 0.1) is 0 Å². The van der Waals surface area contributed by atoms with Crippen molar-refractivity contribution in [3.05, 3.63) is 71.8 Å². The summed E-state index contributed by atoms with van der Waals surface area (Å²) < 4.78 is 5.20. The summed E-state index contributed by atoms with van der Waals surface area (Å²) in [6.07, 6.45) is 6.25. The summed E-state index contributed by atoms with van der Waals surface area (Å²) in [5, 5.41) is 1.68. The molecule has 2 rings (SSSR count). The lowest BCUT2D eigenvalue weighted by molar-refractivity contribution is -0.108. The maximum absolute atomic E-state index is 12.6. The number of hydrogen-bond acceptors (Lipinski definition) is 5. The zero-order valence-corrected chi connectivity index (χ0v) is 17.2. The van der Waals surface area contributed by atoms with E-state index in [4.69, 9.17) is 9.57 Å². The molecule has 0 radical (unpaired) electrons. The van der Waals surface area contributed by atoms with Crippen LogP contribution in [0.1, 0.15) is 35.7 Å². The van der Waals surface area contributed by atoms with Gasteiger partial charge in [-0.3, -0.25) is 0 Å². The first-order valence-corrected chi connectivity index (χ1v) is 9.56. The molecule has 2 aromatic carbocycles. The first-order valence-electron chi connectivity index (χ1n) is 9.56. The minimum absolute atomic E-state index is 0.359. The second-order valence-corrected chi connectivity index (χ2v) is 6.75. The van der Waals surface area contributed by atoms with Crippen molar-refractivity contribution in [2.45, 2.75) is 26.3 Å². The molecule has 0 amide bonds. The number of ether oxygens (including phenoxy) is 1. The lowest BCUT2D eigenvalue weighted by Crippen LogP contribution is -2.27. The number of allylic oxidation sites excluding steroid dienone is 1. The summed E-state index contributed by atoms with van der Waals surface area (Å²) in [5.74, 6) is 0.443. The molecule has 0 unspecified atom stereocenters. The molecule has 0 heterocycles. The van der Waals surface area contributed by atoms with Crippen LogP contribution in [0.4, 0.5) is 5.69 Å². The van der Waals surface area contributed by atoms with Gasteiger partial charge in [-0.25, -0.2) is 4.79 Å². The van der Waals surface area contributed by atoms with Crippen LogP contribution in [0.3, 0.4) is 0 Å². The van der Waals surface area contributed by atoms with Crippen LogP contribution >= 0.6 is 0 Å². The number of anilines is 1. The highest BCUT2D eigenvalue weighted by Gasteiger charge is 2.14. The fraction of sp³-hybridized carbons (Fsp3) is 0.348. The minimum atomic E-state index is -0.359. The Morgan fingerprint density at radius 2 is 1.68 bits per heavy atom. The molecule has 0 saturated heterocycles. The van der Waals surface area contributed by atoms with Gasteiger partial charge in [-0.05, 0) is 48.4 Å². The summed E-state index contributed by atoms with van der Waals surface area (Å²) in [6.45, 7) is 3.17. The van der Waals surface area contributed by atoms with Gasteiger partial charge in [0.1, 0.15) is 5.75 Å². The van der Waals surface area contributed by atoms with Crippen LogP contribution < -0.4 is 9.64 Å². The summed E-state index contributed by atoms with van der Waals surface area (Å²) >= 11 is 0. The number of methoxy groups -OCH3 is 1. The summed E-state index contributed by atoms with van der Waals surface area (Å²) in [5.41, 5.74) is 2.61.